The molecule has 1 aliphatic heterocycles. The van der Waals surface area contributed by atoms with E-state index in [1.807, 2.05) is 30.3 Å². The quantitative estimate of drug-likeness (QED) is 0.461. The van der Waals surface area contributed by atoms with Crippen molar-refractivity contribution in [3.05, 3.63) is 53.6 Å². The molecule has 2 heterocycles. The summed E-state index contributed by atoms with van der Waals surface area (Å²) in [6, 6.07) is 7.19. The molecular weight excluding hydrogens is 492 g/mol. The number of rotatable bonds is 5. The second-order valence-electron chi connectivity index (χ2n) is 11.1. The number of aromatic nitrogens is 2. The van der Waals surface area contributed by atoms with Gasteiger partial charge < -0.3 is 19.5 Å². The second-order valence-corrected chi connectivity index (χ2v) is 11.1. The maximum absolute atomic E-state index is 13.3. The summed E-state index contributed by atoms with van der Waals surface area (Å²) in [6.45, 7) is 11.8. The molecule has 11 heteroatoms. The Balaban J connectivity index is 1.78. The molecule has 1 aliphatic rings. The predicted molar refractivity (Wildman–Crippen MR) is 137 cm³/mol. The number of ether oxygens (including phenoxy) is 3. The van der Waals surface area contributed by atoms with Gasteiger partial charge in [-0.25, -0.2) is 23.9 Å². The van der Waals surface area contributed by atoms with Crippen molar-refractivity contribution in [3.63, 3.8) is 0 Å². The lowest BCUT2D eigenvalue weighted by atomic mass is 10.0. The van der Waals surface area contributed by atoms with Gasteiger partial charge in [0, 0.05) is 6.42 Å². The fraction of sp³-hybridized carbons (Fsp3) is 0.519. The van der Waals surface area contributed by atoms with Crippen LogP contribution in [0.4, 0.5) is 9.59 Å². The first-order chi connectivity index (χ1) is 17.6. The van der Waals surface area contributed by atoms with E-state index < -0.39 is 47.3 Å². The van der Waals surface area contributed by atoms with Gasteiger partial charge in [0.15, 0.2) is 0 Å². The maximum atomic E-state index is 13.3. The first-order valence-electron chi connectivity index (χ1n) is 12.4. The van der Waals surface area contributed by atoms with Crippen molar-refractivity contribution < 1.29 is 33.4 Å². The van der Waals surface area contributed by atoms with E-state index >= 15 is 0 Å². The van der Waals surface area contributed by atoms with Gasteiger partial charge in [-0.3, -0.25) is 9.69 Å². The highest BCUT2D eigenvalue weighted by atomic mass is 16.6. The van der Waals surface area contributed by atoms with Crippen LogP contribution in [0.2, 0.25) is 0 Å². The van der Waals surface area contributed by atoms with Crippen LogP contribution in [0.3, 0.4) is 0 Å². The van der Waals surface area contributed by atoms with E-state index in [0.29, 0.717) is 11.4 Å². The number of hydrogen-bond acceptors (Lipinski definition) is 8. The van der Waals surface area contributed by atoms with E-state index in [-0.39, 0.29) is 19.6 Å². The summed E-state index contributed by atoms with van der Waals surface area (Å²) in [7, 11) is 0. The maximum Gasteiger partial charge on any atom is 0.420 e. The van der Waals surface area contributed by atoms with Crippen LogP contribution in [0, 0.1) is 0 Å². The molecule has 38 heavy (non-hydrogen) atoms. The number of benzene rings is 1. The minimum atomic E-state index is -1.02. The number of carbonyl (C=O) groups excluding carboxylic acids is 4. The zero-order valence-corrected chi connectivity index (χ0v) is 22.9. The largest absolute Gasteiger partial charge is 0.459 e. The van der Waals surface area contributed by atoms with Gasteiger partial charge in [-0.2, -0.15) is 0 Å². The summed E-state index contributed by atoms with van der Waals surface area (Å²) in [5.41, 5.74) is 0.148. The topological polar surface area (TPSA) is 129 Å². The molecule has 206 valence electrons. The van der Waals surface area contributed by atoms with Crippen LogP contribution in [-0.4, -0.2) is 61.8 Å². The van der Waals surface area contributed by atoms with Crippen molar-refractivity contribution >= 4 is 24.1 Å². The molecule has 0 saturated carbocycles. The van der Waals surface area contributed by atoms with Crippen LogP contribution in [0.5, 0.6) is 0 Å². The number of imidazole rings is 1. The average molecular weight is 529 g/mol. The third-order valence-electron chi connectivity index (χ3n) is 5.49. The Hall–Kier alpha value is -3.89. The second kappa shape index (κ2) is 11.2. The SMILES string of the molecule is C[C@H](NC(=O)[C@@H]1Cc2ncn(C(=O)OC(C)(C)C)c2CN1C(=O)OC(C)(C)C)C(=O)OCc1ccccc1. The lowest BCUT2D eigenvalue weighted by molar-refractivity contribution is -0.149. The molecule has 2 amide bonds. The molecule has 1 aromatic heterocycles. The molecular formula is C27H36N4O7. The van der Waals surface area contributed by atoms with Crippen molar-refractivity contribution in [2.24, 2.45) is 0 Å². The molecule has 3 rings (SSSR count). The van der Waals surface area contributed by atoms with Gasteiger partial charge in [0.25, 0.3) is 0 Å². The van der Waals surface area contributed by atoms with Crippen LogP contribution in [0.1, 0.15) is 65.4 Å². The normalized spacial score (nSPS) is 16.2. The van der Waals surface area contributed by atoms with Crippen LogP contribution in [0.25, 0.3) is 0 Å². The number of hydrogen-bond donors (Lipinski definition) is 1. The van der Waals surface area contributed by atoms with Crippen LogP contribution >= 0.6 is 0 Å². The van der Waals surface area contributed by atoms with Crippen molar-refractivity contribution in [3.8, 4) is 0 Å². The number of amides is 2. The lowest BCUT2D eigenvalue weighted by Crippen LogP contribution is -2.56. The van der Waals surface area contributed by atoms with Gasteiger partial charge in [0.2, 0.25) is 5.91 Å². The van der Waals surface area contributed by atoms with E-state index in [2.05, 4.69) is 10.3 Å². The molecule has 0 fully saturated rings. The molecule has 11 nitrogen and oxygen atoms in total. The van der Waals surface area contributed by atoms with E-state index in [1.165, 1.54) is 22.7 Å². The van der Waals surface area contributed by atoms with E-state index in [9.17, 15) is 19.2 Å². The van der Waals surface area contributed by atoms with Gasteiger partial charge in [0.05, 0.1) is 17.9 Å². The van der Waals surface area contributed by atoms with Gasteiger partial charge >= 0.3 is 18.2 Å². The minimum Gasteiger partial charge on any atom is -0.459 e. The highest BCUT2D eigenvalue weighted by molar-refractivity contribution is 5.90. The molecule has 1 N–H and O–H groups in total. The Morgan fingerprint density at radius 2 is 1.61 bits per heavy atom. The number of carbonyl (C=O) groups is 4. The zero-order valence-electron chi connectivity index (χ0n) is 22.9. The molecule has 0 saturated heterocycles. The highest BCUT2D eigenvalue weighted by Gasteiger charge is 2.40. The number of nitrogens with one attached hydrogen (secondary N) is 1. The lowest BCUT2D eigenvalue weighted by Gasteiger charge is -2.36. The molecule has 2 aromatic rings. The summed E-state index contributed by atoms with van der Waals surface area (Å²) in [5.74, 6) is -1.19. The average Bonchev–Trinajstić information content (AvgIpc) is 3.23. The monoisotopic (exact) mass is 528 g/mol. The van der Waals surface area contributed by atoms with Crippen molar-refractivity contribution in [1.29, 1.82) is 0 Å². The number of esters is 1. The molecule has 0 unspecified atom stereocenters. The molecule has 2 atom stereocenters. The standard InChI is InChI=1S/C27H36N4O7/c1-17(23(33)36-15-18-11-9-8-10-12-18)29-22(32)20-13-19-21(14-30(20)24(34)37-26(2,3)4)31(16-28-19)25(35)38-27(5,6)7/h8-12,16-17,20H,13-15H2,1-7H3,(H,29,32)/t17-,20-/m0/s1. The summed E-state index contributed by atoms with van der Waals surface area (Å²) in [5, 5.41) is 2.64. The molecule has 0 spiro atoms. The van der Waals surface area contributed by atoms with Crippen LogP contribution in [-0.2, 0) is 43.4 Å². The predicted octanol–water partition coefficient (Wildman–Crippen LogP) is 3.58. The van der Waals surface area contributed by atoms with Gasteiger partial charge in [-0.15, -0.1) is 0 Å². The number of fused-ring (bicyclic) bond motifs is 1. The first kappa shape index (κ1) is 28.7. The third kappa shape index (κ3) is 7.56. The fourth-order valence-corrected chi connectivity index (χ4v) is 3.75. The Kier molecular flexibility index (Phi) is 8.48. The van der Waals surface area contributed by atoms with Gasteiger partial charge in [0.1, 0.15) is 36.2 Å². The Morgan fingerprint density at radius 3 is 2.21 bits per heavy atom. The van der Waals surface area contributed by atoms with Crippen molar-refractivity contribution in [2.45, 2.75) is 91.3 Å². The van der Waals surface area contributed by atoms with E-state index in [0.717, 1.165) is 5.56 Å². The van der Waals surface area contributed by atoms with Crippen molar-refractivity contribution in [1.82, 2.24) is 19.8 Å². The van der Waals surface area contributed by atoms with E-state index in [4.69, 9.17) is 14.2 Å². The smallest absolute Gasteiger partial charge is 0.420 e. The summed E-state index contributed by atoms with van der Waals surface area (Å²) < 4.78 is 17.5. The highest BCUT2D eigenvalue weighted by Crippen LogP contribution is 2.26. The number of nitrogens with zero attached hydrogens (tertiary/aromatic N) is 3. The summed E-state index contributed by atoms with van der Waals surface area (Å²) >= 11 is 0. The first-order valence-corrected chi connectivity index (χ1v) is 12.4. The van der Waals surface area contributed by atoms with Gasteiger partial charge in [-0.05, 0) is 54.0 Å². The zero-order chi connectivity index (χ0) is 28.3. The molecule has 1 aromatic carbocycles. The van der Waals surface area contributed by atoms with Crippen molar-refractivity contribution in [2.75, 3.05) is 0 Å². The Bertz CT molecular complexity index is 1180. The van der Waals surface area contributed by atoms with Crippen LogP contribution in [0.15, 0.2) is 36.7 Å². The fourth-order valence-electron chi connectivity index (χ4n) is 3.75. The summed E-state index contributed by atoms with van der Waals surface area (Å²) in [4.78, 5) is 57.2. The summed E-state index contributed by atoms with van der Waals surface area (Å²) in [6.07, 6.45) is -0.0506. The Morgan fingerprint density at radius 1 is 1.00 bits per heavy atom. The minimum absolute atomic E-state index is 0.0159. The molecule has 0 radical (unpaired) electrons. The Labute approximate surface area is 222 Å². The molecule has 0 bridgehead atoms. The van der Waals surface area contributed by atoms with Crippen LogP contribution < -0.4 is 5.32 Å². The third-order valence-corrected chi connectivity index (χ3v) is 5.49. The van der Waals surface area contributed by atoms with Gasteiger partial charge in [-0.1, -0.05) is 30.3 Å². The molecule has 0 aliphatic carbocycles. The van der Waals surface area contributed by atoms with E-state index in [1.54, 1.807) is 41.5 Å².